The molecule has 4 heteroatoms. The van der Waals surface area contributed by atoms with Gasteiger partial charge in [-0.3, -0.25) is 9.88 Å². The Morgan fingerprint density at radius 3 is 3.09 bits per heavy atom. The van der Waals surface area contributed by atoms with Crippen LogP contribution in [0.25, 0.3) is 11.1 Å². The van der Waals surface area contributed by atoms with E-state index in [2.05, 4.69) is 40.0 Å². The molecule has 3 heterocycles. The third-order valence-electron chi connectivity index (χ3n) is 4.29. The van der Waals surface area contributed by atoms with Crippen LogP contribution in [-0.4, -0.2) is 28.0 Å². The molecule has 112 valence electrons. The summed E-state index contributed by atoms with van der Waals surface area (Å²) >= 11 is 0. The molecule has 1 aromatic carbocycles. The van der Waals surface area contributed by atoms with Crippen LogP contribution in [0.2, 0.25) is 0 Å². The highest BCUT2D eigenvalue weighted by Crippen LogP contribution is 2.30. The first-order valence-electron chi connectivity index (χ1n) is 7.77. The van der Waals surface area contributed by atoms with Crippen molar-refractivity contribution in [1.82, 2.24) is 14.9 Å². The van der Waals surface area contributed by atoms with Gasteiger partial charge in [0.05, 0.1) is 5.69 Å². The SMILES string of the molecule is Cc1ccc2oc(C3CCN(Cc4ccccn4)C3)nc2c1. The summed E-state index contributed by atoms with van der Waals surface area (Å²) in [6, 6.07) is 12.2. The molecule has 0 saturated carbocycles. The average molecular weight is 293 g/mol. The Morgan fingerprint density at radius 2 is 2.23 bits per heavy atom. The predicted octanol–water partition coefficient (Wildman–Crippen LogP) is 3.52. The second-order valence-corrected chi connectivity index (χ2v) is 6.07. The topological polar surface area (TPSA) is 42.2 Å². The molecule has 1 fully saturated rings. The van der Waals surface area contributed by atoms with Crippen molar-refractivity contribution in [1.29, 1.82) is 0 Å². The number of hydrogen-bond donors (Lipinski definition) is 0. The molecular weight excluding hydrogens is 274 g/mol. The molecule has 0 amide bonds. The van der Waals surface area contributed by atoms with Crippen molar-refractivity contribution < 1.29 is 4.42 Å². The van der Waals surface area contributed by atoms with Gasteiger partial charge in [-0.25, -0.2) is 4.98 Å². The van der Waals surface area contributed by atoms with E-state index in [9.17, 15) is 0 Å². The van der Waals surface area contributed by atoms with Crippen LogP contribution in [0.15, 0.2) is 47.0 Å². The van der Waals surface area contributed by atoms with Crippen molar-refractivity contribution in [2.24, 2.45) is 0 Å². The van der Waals surface area contributed by atoms with E-state index in [1.807, 2.05) is 24.4 Å². The van der Waals surface area contributed by atoms with Crippen LogP contribution in [0, 0.1) is 6.92 Å². The molecule has 0 spiro atoms. The standard InChI is InChI=1S/C18H19N3O/c1-13-5-6-17-16(10-13)20-18(22-17)14-7-9-21(11-14)12-15-4-2-3-8-19-15/h2-6,8,10,14H,7,9,11-12H2,1H3. The number of hydrogen-bond acceptors (Lipinski definition) is 4. The van der Waals surface area contributed by atoms with E-state index in [-0.39, 0.29) is 0 Å². The monoisotopic (exact) mass is 293 g/mol. The Morgan fingerprint density at radius 1 is 1.27 bits per heavy atom. The second kappa shape index (κ2) is 5.54. The first-order valence-corrected chi connectivity index (χ1v) is 7.77. The molecule has 2 aromatic heterocycles. The molecule has 0 radical (unpaired) electrons. The largest absolute Gasteiger partial charge is 0.440 e. The summed E-state index contributed by atoms with van der Waals surface area (Å²) in [4.78, 5) is 11.5. The van der Waals surface area contributed by atoms with Crippen LogP contribution in [0.1, 0.15) is 29.5 Å². The minimum atomic E-state index is 0.386. The smallest absolute Gasteiger partial charge is 0.199 e. The Kier molecular flexibility index (Phi) is 3.39. The lowest BCUT2D eigenvalue weighted by Gasteiger charge is -2.14. The zero-order valence-corrected chi connectivity index (χ0v) is 12.7. The first-order chi connectivity index (χ1) is 10.8. The first kappa shape index (κ1) is 13.5. The van der Waals surface area contributed by atoms with E-state index in [4.69, 9.17) is 4.42 Å². The van der Waals surface area contributed by atoms with E-state index in [0.717, 1.165) is 48.7 Å². The number of nitrogens with zero attached hydrogens (tertiary/aromatic N) is 3. The van der Waals surface area contributed by atoms with Crippen LogP contribution in [0.4, 0.5) is 0 Å². The van der Waals surface area contributed by atoms with Crippen LogP contribution in [-0.2, 0) is 6.54 Å². The van der Waals surface area contributed by atoms with Gasteiger partial charge in [0.2, 0.25) is 0 Å². The summed E-state index contributed by atoms with van der Waals surface area (Å²) in [7, 11) is 0. The second-order valence-electron chi connectivity index (χ2n) is 6.07. The summed E-state index contributed by atoms with van der Waals surface area (Å²) < 4.78 is 5.95. The van der Waals surface area contributed by atoms with Crippen LogP contribution in [0.5, 0.6) is 0 Å². The van der Waals surface area contributed by atoms with Crippen molar-refractivity contribution in [3.05, 3.63) is 59.7 Å². The molecule has 1 aliphatic heterocycles. The number of oxazole rings is 1. The van der Waals surface area contributed by atoms with Gasteiger partial charge in [0.25, 0.3) is 0 Å². The number of aromatic nitrogens is 2. The Labute approximate surface area is 129 Å². The van der Waals surface area contributed by atoms with Crippen LogP contribution in [0.3, 0.4) is 0 Å². The molecule has 1 unspecified atom stereocenters. The van der Waals surface area contributed by atoms with Gasteiger partial charge in [-0.1, -0.05) is 12.1 Å². The van der Waals surface area contributed by atoms with Gasteiger partial charge in [-0.15, -0.1) is 0 Å². The normalized spacial score (nSPS) is 19.0. The third kappa shape index (κ3) is 2.62. The van der Waals surface area contributed by atoms with Crippen molar-refractivity contribution in [2.75, 3.05) is 13.1 Å². The maximum Gasteiger partial charge on any atom is 0.199 e. The van der Waals surface area contributed by atoms with Crippen molar-refractivity contribution in [3.8, 4) is 0 Å². The fourth-order valence-corrected chi connectivity index (χ4v) is 3.13. The molecule has 22 heavy (non-hydrogen) atoms. The maximum absolute atomic E-state index is 5.95. The Hall–Kier alpha value is -2.20. The Balaban J connectivity index is 1.49. The van der Waals surface area contributed by atoms with Crippen LogP contribution < -0.4 is 0 Å². The van der Waals surface area contributed by atoms with Gasteiger partial charge in [0.15, 0.2) is 11.5 Å². The molecule has 0 N–H and O–H groups in total. The quantitative estimate of drug-likeness (QED) is 0.741. The third-order valence-corrected chi connectivity index (χ3v) is 4.29. The van der Waals surface area contributed by atoms with Gasteiger partial charge in [-0.05, 0) is 49.7 Å². The predicted molar refractivity (Wildman–Crippen MR) is 85.6 cm³/mol. The van der Waals surface area contributed by atoms with Gasteiger partial charge in [-0.2, -0.15) is 0 Å². The molecule has 4 nitrogen and oxygen atoms in total. The maximum atomic E-state index is 5.95. The van der Waals surface area contributed by atoms with Gasteiger partial charge >= 0.3 is 0 Å². The van der Waals surface area contributed by atoms with Gasteiger partial charge in [0, 0.05) is 25.2 Å². The van der Waals surface area contributed by atoms with Gasteiger partial charge < -0.3 is 4.42 Å². The molecule has 4 rings (SSSR count). The highest BCUT2D eigenvalue weighted by molar-refractivity contribution is 5.73. The highest BCUT2D eigenvalue weighted by Gasteiger charge is 2.27. The molecule has 0 aliphatic carbocycles. The fourth-order valence-electron chi connectivity index (χ4n) is 3.13. The lowest BCUT2D eigenvalue weighted by atomic mass is 10.1. The highest BCUT2D eigenvalue weighted by atomic mass is 16.3. The summed E-state index contributed by atoms with van der Waals surface area (Å²) in [5, 5.41) is 0. The number of aryl methyl sites for hydroxylation is 1. The summed E-state index contributed by atoms with van der Waals surface area (Å²) in [6.45, 7) is 5.04. The Bertz CT molecular complexity index is 781. The van der Waals surface area contributed by atoms with Crippen molar-refractivity contribution in [2.45, 2.75) is 25.8 Å². The zero-order valence-electron chi connectivity index (χ0n) is 12.7. The van der Waals surface area contributed by atoms with Crippen molar-refractivity contribution in [3.63, 3.8) is 0 Å². The van der Waals surface area contributed by atoms with E-state index in [1.165, 1.54) is 5.56 Å². The average Bonchev–Trinajstić information content (AvgIpc) is 3.14. The number of benzene rings is 1. The van der Waals surface area contributed by atoms with Crippen molar-refractivity contribution >= 4 is 11.1 Å². The lowest BCUT2D eigenvalue weighted by Crippen LogP contribution is -2.20. The molecule has 3 aromatic rings. The number of rotatable bonds is 3. The van der Waals surface area contributed by atoms with E-state index >= 15 is 0 Å². The van der Waals surface area contributed by atoms with Crippen LogP contribution >= 0.6 is 0 Å². The lowest BCUT2D eigenvalue weighted by molar-refractivity contribution is 0.317. The summed E-state index contributed by atoms with van der Waals surface area (Å²) in [5.41, 5.74) is 4.20. The number of likely N-dealkylation sites (tertiary alicyclic amines) is 1. The van der Waals surface area contributed by atoms with E-state index in [1.54, 1.807) is 0 Å². The molecular formula is C18H19N3O. The molecule has 1 aliphatic rings. The summed E-state index contributed by atoms with van der Waals surface area (Å²) in [6.07, 6.45) is 2.95. The van der Waals surface area contributed by atoms with Gasteiger partial charge in [0.1, 0.15) is 5.52 Å². The summed E-state index contributed by atoms with van der Waals surface area (Å²) in [5.74, 6) is 1.26. The number of pyridine rings is 1. The minimum Gasteiger partial charge on any atom is -0.440 e. The molecule has 1 atom stereocenters. The fraction of sp³-hybridized carbons (Fsp3) is 0.333. The minimum absolute atomic E-state index is 0.386. The zero-order chi connectivity index (χ0) is 14.9. The number of fused-ring (bicyclic) bond motifs is 1. The van der Waals surface area contributed by atoms with E-state index in [0.29, 0.717) is 5.92 Å². The molecule has 0 bridgehead atoms. The molecule has 1 saturated heterocycles. The van der Waals surface area contributed by atoms with E-state index < -0.39 is 0 Å².